The van der Waals surface area contributed by atoms with E-state index in [2.05, 4.69) is 28.4 Å². The Balaban J connectivity index is 1.28. The molecule has 0 radical (unpaired) electrons. The van der Waals surface area contributed by atoms with Gasteiger partial charge in [0.1, 0.15) is 34.5 Å². The number of benzene rings is 7. The molecular weight excluding hydrogens is 1080 g/mol. The molecule has 0 saturated heterocycles. The highest BCUT2D eigenvalue weighted by atomic mass is 19.4. The minimum absolute atomic E-state index is 0.0287. The number of hydrogen-bond acceptors (Lipinski definition) is 9. The van der Waals surface area contributed by atoms with Crippen LogP contribution in [0, 0.1) is 0 Å². The first-order chi connectivity index (χ1) is 35.9. The van der Waals surface area contributed by atoms with Gasteiger partial charge in [-0.15, -0.1) is 79.0 Å². The van der Waals surface area contributed by atoms with Gasteiger partial charge in [0.15, 0.2) is 0 Å². The predicted octanol–water partition coefficient (Wildman–Crippen LogP) is 11.8. The van der Waals surface area contributed by atoms with E-state index in [-0.39, 0.29) is 84.0 Å². The SMILES string of the molecule is FC(F)(F)Oc1ccc(N2c3ccc(OC(F)(F)F)cc3B3c4cc(OC(F)(F)F)ccc4N4c5ccc(OC(F)(F)F)cc5B5c6cc(OC(F)(F)F)ccc6N(c6ccc(OC(F)(F)F)cc6)c6cc2c3c4c65)cc1. The highest BCUT2D eigenvalue weighted by Crippen LogP contribution is 2.51. The van der Waals surface area contributed by atoms with E-state index in [0.29, 0.717) is 0 Å². The summed E-state index contributed by atoms with van der Waals surface area (Å²) < 4.78 is 274. The van der Waals surface area contributed by atoms with Crippen LogP contribution in [0.3, 0.4) is 0 Å². The second-order valence-electron chi connectivity index (χ2n) is 17.1. The standard InChI is InChI=1S/C48H21B2F18N3O6/c51-43(52,53)72-24-5-1-22(2-6-24)69-34-13-9-26(74-45(57,58)59)17-30(34)49-32-19-28(76-47(63,64)65)11-15-36(32)71-37-16-12-29(77-48(66,67)68)20-33(37)50-31-18-27(75-46(60,61)62)10-14-35(31)70(39-21-38(69)40(49)42(71)41(39)50)23-3-7-25(8-4-23)73-44(54,55)56/h1-21H. The maximum atomic E-state index is 14.0. The molecule has 0 atom stereocenters. The summed E-state index contributed by atoms with van der Waals surface area (Å²) in [6, 6.07) is 20.8. The number of rotatable bonds is 8. The van der Waals surface area contributed by atoms with E-state index in [1.807, 2.05) is 0 Å². The molecule has 0 N–H and O–H groups in total. The zero-order chi connectivity index (χ0) is 55.1. The van der Waals surface area contributed by atoms with Crippen molar-refractivity contribution in [3.8, 4) is 34.5 Å². The first-order valence-electron chi connectivity index (χ1n) is 21.8. The van der Waals surface area contributed by atoms with Crippen molar-refractivity contribution in [2.24, 2.45) is 0 Å². The summed E-state index contributed by atoms with van der Waals surface area (Å²) in [5, 5.41) is 0. The van der Waals surface area contributed by atoms with Crippen LogP contribution in [0.15, 0.2) is 127 Å². The number of hydrogen-bond donors (Lipinski definition) is 0. The molecule has 29 heteroatoms. The normalized spacial score (nSPS) is 14.5. The first kappa shape index (κ1) is 50.8. The molecule has 4 aliphatic heterocycles. The van der Waals surface area contributed by atoms with E-state index < -0.39 is 86.1 Å². The zero-order valence-electron chi connectivity index (χ0n) is 37.4. The summed E-state index contributed by atoms with van der Waals surface area (Å²) in [4.78, 5) is 4.04. The molecule has 0 amide bonds. The Bertz CT molecular complexity index is 3230. The molecule has 396 valence electrons. The van der Waals surface area contributed by atoms with E-state index in [1.54, 1.807) is 0 Å². The van der Waals surface area contributed by atoms with Crippen LogP contribution in [-0.2, 0) is 0 Å². The smallest absolute Gasteiger partial charge is 0.406 e. The van der Waals surface area contributed by atoms with Crippen molar-refractivity contribution in [1.82, 2.24) is 0 Å². The third-order valence-corrected chi connectivity index (χ3v) is 12.4. The molecule has 0 spiro atoms. The number of alkyl halides is 18. The molecule has 0 unspecified atom stereocenters. The Hall–Kier alpha value is -8.39. The zero-order valence-corrected chi connectivity index (χ0v) is 37.4. The highest BCUT2D eigenvalue weighted by molar-refractivity contribution is 7.04. The van der Waals surface area contributed by atoms with Gasteiger partial charge in [-0.25, -0.2) is 0 Å². The second-order valence-corrected chi connectivity index (χ2v) is 17.1. The van der Waals surface area contributed by atoms with E-state index in [0.717, 1.165) is 121 Å². The van der Waals surface area contributed by atoms with Gasteiger partial charge in [-0.05, 0) is 160 Å². The highest BCUT2D eigenvalue weighted by Gasteiger charge is 2.53. The lowest BCUT2D eigenvalue weighted by atomic mass is 9.28. The Morgan fingerprint density at radius 2 is 0.494 bits per heavy atom. The number of fused-ring (bicyclic) bond motifs is 10. The van der Waals surface area contributed by atoms with Gasteiger partial charge >= 0.3 is 38.2 Å². The average molecular weight is 1100 g/mol. The number of ether oxygens (including phenoxy) is 6. The van der Waals surface area contributed by atoms with Gasteiger partial charge in [-0.2, -0.15) is 0 Å². The van der Waals surface area contributed by atoms with E-state index >= 15 is 0 Å². The largest absolute Gasteiger partial charge is 0.573 e. The fraction of sp³-hybridized carbons (Fsp3) is 0.125. The van der Waals surface area contributed by atoms with Crippen LogP contribution in [0.5, 0.6) is 34.5 Å². The van der Waals surface area contributed by atoms with Gasteiger partial charge in [-0.1, -0.05) is 0 Å². The lowest BCUT2D eigenvalue weighted by molar-refractivity contribution is -0.275. The van der Waals surface area contributed by atoms with Crippen LogP contribution in [0.4, 0.5) is 130 Å². The second kappa shape index (κ2) is 17.1. The van der Waals surface area contributed by atoms with E-state index in [4.69, 9.17) is 0 Å². The summed E-state index contributed by atoms with van der Waals surface area (Å²) in [5.41, 5.74) is -1.23. The molecule has 0 aromatic heterocycles. The van der Waals surface area contributed by atoms with E-state index in [1.165, 1.54) is 20.8 Å². The monoisotopic (exact) mass is 1100 g/mol. The van der Waals surface area contributed by atoms with Crippen LogP contribution in [0.2, 0.25) is 0 Å². The molecule has 77 heavy (non-hydrogen) atoms. The van der Waals surface area contributed by atoms with Gasteiger partial charge in [-0.3, -0.25) is 0 Å². The molecule has 4 heterocycles. The van der Waals surface area contributed by atoms with Crippen molar-refractivity contribution in [1.29, 1.82) is 0 Å². The van der Waals surface area contributed by atoms with Crippen molar-refractivity contribution in [2.75, 3.05) is 14.7 Å². The lowest BCUT2D eigenvalue weighted by Crippen LogP contribution is -2.68. The summed E-state index contributed by atoms with van der Waals surface area (Å²) >= 11 is 0. The molecule has 9 nitrogen and oxygen atoms in total. The van der Waals surface area contributed by atoms with Gasteiger partial charge < -0.3 is 43.1 Å². The van der Waals surface area contributed by atoms with E-state index in [9.17, 15) is 79.0 Å². The minimum atomic E-state index is -5.34. The third-order valence-electron chi connectivity index (χ3n) is 12.4. The van der Waals surface area contributed by atoms with Crippen molar-refractivity contribution >= 4 is 97.4 Å². The molecule has 0 bridgehead atoms. The molecule has 0 aliphatic carbocycles. The summed E-state index contributed by atoms with van der Waals surface area (Å²) in [6.45, 7) is -3.04. The maximum Gasteiger partial charge on any atom is 0.573 e. The number of nitrogens with zero attached hydrogens (tertiary/aromatic N) is 3. The summed E-state index contributed by atoms with van der Waals surface area (Å²) in [5.74, 6) is -4.97. The molecule has 0 saturated carbocycles. The molecule has 0 fully saturated rings. The fourth-order valence-corrected chi connectivity index (χ4v) is 10.2. The first-order valence-corrected chi connectivity index (χ1v) is 21.8. The summed E-state index contributed by atoms with van der Waals surface area (Å²) in [6.07, 6.45) is -31.8. The molecule has 7 aromatic carbocycles. The lowest BCUT2D eigenvalue weighted by Gasteiger charge is -2.51. The fourth-order valence-electron chi connectivity index (χ4n) is 10.2. The van der Waals surface area contributed by atoms with Crippen LogP contribution >= 0.6 is 0 Å². The third kappa shape index (κ3) is 9.66. The molecular formula is C48H21B2F18N3O6. The Labute approximate surface area is 419 Å². The quantitative estimate of drug-likeness (QED) is 0.109. The maximum absolute atomic E-state index is 14.0. The average Bonchev–Trinajstić information content (AvgIpc) is 3.50. The van der Waals surface area contributed by atoms with Crippen LogP contribution in [-0.4, -0.2) is 51.6 Å². The molecule has 11 rings (SSSR count). The minimum Gasteiger partial charge on any atom is -0.406 e. The Kier molecular flexibility index (Phi) is 11.2. The molecule has 7 aromatic rings. The number of halogens is 18. The number of anilines is 9. The molecule has 4 aliphatic rings. The van der Waals surface area contributed by atoms with Gasteiger partial charge in [0.05, 0.1) is 0 Å². The topological polar surface area (TPSA) is 65.1 Å². The predicted molar refractivity (Wildman–Crippen MR) is 240 cm³/mol. The van der Waals surface area contributed by atoms with Gasteiger partial charge in [0, 0.05) is 51.2 Å². The van der Waals surface area contributed by atoms with Crippen molar-refractivity contribution in [2.45, 2.75) is 38.2 Å². The van der Waals surface area contributed by atoms with Crippen LogP contribution in [0.25, 0.3) is 0 Å². The Morgan fingerprint density at radius 1 is 0.260 bits per heavy atom. The summed E-state index contributed by atoms with van der Waals surface area (Å²) in [7, 11) is 0. The van der Waals surface area contributed by atoms with Crippen LogP contribution < -0.4 is 75.9 Å². The van der Waals surface area contributed by atoms with Crippen molar-refractivity contribution in [3.63, 3.8) is 0 Å². The van der Waals surface area contributed by atoms with Gasteiger partial charge in [0.2, 0.25) is 0 Å². The Morgan fingerprint density at radius 3 is 0.753 bits per heavy atom. The van der Waals surface area contributed by atoms with Gasteiger partial charge in [0.25, 0.3) is 13.4 Å². The van der Waals surface area contributed by atoms with Crippen LogP contribution in [0.1, 0.15) is 0 Å². The van der Waals surface area contributed by atoms with Crippen molar-refractivity contribution in [3.05, 3.63) is 127 Å². The van der Waals surface area contributed by atoms with Crippen molar-refractivity contribution < 1.29 is 107 Å².